The highest BCUT2D eigenvalue weighted by atomic mass is 31.2. The number of aliphatic hydroxyl groups is 1. The highest BCUT2D eigenvalue weighted by Gasteiger charge is 2.30. The third kappa shape index (κ3) is 76.1. The van der Waals surface area contributed by atoms with Gasteiger partial charge in [0.25, 0.3) is 0 Å². The minimum Gasteiger partial charge on any atom is -0.462 e. The highest BCUT2D eigenvalue weighted by Crippen LogP contribution is 2.45. The Bertz CT molecular complexity index is 1930. The topological polar surface area (TPSA) is 237 Å². The number of carbonyl (C=O) groups is 4. The van der Waals surface area contributed by atoms with Crippen molar-refractivity contribution in [2.45, 2.75) is 457 Å². The van der Waals surface area contributed by atoms with Gasteiger partial charge < -0.3 is 33.8 Å². The second-order valence-electron chi connectivity index (χ2n) is 30.0. The van der Waals surface area contributed by atoms with Crippen molar-refractivity contribution in [2.24, 2.45) is 5.92 Å². The van der Waals surface area contributed by atoms with Gasteiger partial charge in [-0.15, -0.1) is 0 Å². The summed E-state index contributed by atoms with van der Waals surface area (Å²) in [6.07, 6.45) is 66.6. The monoisotopic (exact) mass is 1480 g/mol. The Balaban J connectivity index is 5.20. The van der Waals surface area contributed by atoms with E-state index < -0.39 is 97.5 Å². The number of rotatable bonds is 82. The lowest BCUT2D eigenvalue weighted by molar-refractivity contribution is -0.161. The molecule has 3 N–H and O–H groups in total. The predicted molar refractivity (Wildman–Crippen MR) is 414 cm³/mol. The van der Waals surface area contributed by atoms with Crippen molar-refractivity contribution in [3.63, 3.8) is 0 Å². The van der Waals surface area contributed by atoms with E-state index in [-0.39, 0.29) is 25.7 Å². The van der Waals surface area contributed by atoms with Gasteiger partial charge in [0.05, 0.1) is 26.4 Å². The van der Waals surface area contributed by atoms with E-state index in [4.69, 9.17) is 37.0 Å². The Labute approximate surface area is 619 Å². The van der Waals surface area contributed by atoms with Crippen LogP contribution in [0.4, 0.5) is 0 Å². The van der Waals surface area contributed by atoms with Gasteiger partial charge in [-0.2, -0.15) is 0 Å². The summed E-state index contributed by atoms with van der Waals surface area (Å²) in [5, 5.41) is 10.6. The van der Waals surface area contributed by atoms with Crippen LogP contribution in [0.2, 0.25) is 0 Å². The van der Waals surface area contributed by atoms with Crippen LogP contribution in [-0.2, 0) is 65.4 Å². The number of unbranched alkanes of at least 4 members (excludes halogenated alkanes) is 54. The summed E-state index contributed by atoms with van der Waals surface area (Å²) in [6, 6.07) is 0. The SMILES string of the molecule is CCCCCCCCCCCCCCCCCCCCCCCC(=O)O[C@H](COC(=O)CCCCCCCCCCCCCCCC(C)C)COP(=O)(O)OC[C@@H](O)COP(=O)(O)OC[C@@H](COC(=O)CCCCCCCCCCC)OC(=O)CCCCCCCCCCCCCCCCC. The van der Waals surface area contributed by atoms with E-state index in [0.717, 1.165) is 95.8 Å². The van der Waals surface area contributed by atoms with E-state index in [9.17, 15) is 43.2 Å². The summed E-state index contributed by atoms with van der Waals surface area (Å²) in [5.74, 6) is -1.31. The molecule has 0 heterocycles. The van der Waals surface area contributed by atoms with Gasteiger partial charge in [-0.25, -0.2) is 9.13 Å². The van der Waals surface area contributed by atoms with Gasteiger partial charge in [-0.3, -0.25) is 37.3 Å². The zero-order valence-electron chi connectivity index (χ0n) is 66.1. The number of hydrogen-bond donors (Lipinski definition) is 3. The molecule has 0 aliphatic heterocycles. The third-order valence-corrected chi connectivity index (χ3v) is 21.2. The predicted octanol–water partition coefficient (Wildman–Crippen LogP) is 24.8. The largest absolute Gasteiger partial charge is 0.472 e. The van der Waals surface area contributed by atoms with Crippen molar-refractivity contribution in [3.05, 3.63) is 0 Å². The quantitative estimate of drug-likeness (QED) is 0.0222. The van der Waals surface area contributed by atoms with Gasteiger partial charge in [0, 0.05) is 25.7 Å². The standard InChI is InChI=1S/C82H160O17P2/c1-6-9-12-15-18-21-23-25-27-28-29-30-31-32-34-38-43-48-53-58-63-68-82(87)99-78(72-93-80(85)66-61-56-51-46-41-39-35-36-40-45-49-54-59-64-75(4)5)74-97-101(90,91)95-70-76(83)69-94-100(88,89)96-73-77(71-92-79(84)65-60-55-50-44-20-17-14-11-8-3)98-81(86)67-62-57-52-47-42-37-33-26-24-22-19-16-13-10-7-2/h75-78,83H,6-74H2,1-5H3,(H,88,89)(H,90,91)/t76-,77+,78+/m0/s1. The second kappa shape index (κ2) is 74.9. The molecule has 0 radical (unpaired) electrons. The zero-order valence-corrected chi connectivity index (χ0v) is 67.8. The van der Waals surface area contributed by atoms with Gasteiger partial charge in [0.15, 0.2) is 12.2 Å². The lowest BCUT2D eigenvalue weighted by Crippen LogP contribution is -2.30. The van der Waals surface area contributed by atoms with Gasteiger partial charge in [-0.1, -0.05) is 388 Å². The van der Waals surface area contributed by atoms with Crippen LogP contribution in [0, 0.1) is 5.92 Å². The summed E-state index contributed by atoms with van der Waals surface area (Å²) in [7, 11) is -9.92. The number of phosphoric acid groups is 2. The van der Waals surface area contributed by atoms with Crippen LogP contribution in [0.25, 0.3) is 0 Å². The Morgan fingerprint density at radius 1 is 0.267 bits per heavy atom. The molecule has 0 aromatic rings. The number of esters is 4. The minimum absolute atomic E-state index is 0.109. The molecule has 0 aliphatic rings. The molecule has 600 valence electrons. The number of carbonyl (C=O) groups excluding carboxylic acids is 4. The Hall–Kier alpha value is -1.94. The summed E-state index contributed by atoms with van der Waals surface area (Å²) in [5.41, 5.74) is 0. The molecule has 19 heteroatoms. The smallest absolute Gasteiger partial charge is 0.462 e. The molecule has 0 aliphatic carbocycles. The van der Waals surface area contributed by atoms with E-state index in [0.29, 0.717) is 25.7 Å². The Morgan fingerprint density at radius 3 is 0.673 bits per heavy atom. The molecule has 0 bridgehead atoms. The Morgan fingerprint density at radius 2 is 0.455 bits per heavy atom. The van der Waals surface area contributed by atoms with Crippen molar-refractivity contribution in [1.29, 1.82) is 0 Å². The van der Waals surface area contributed by atoms with Crippen LogP contribution >= 0.6 is 15.6 Å². The lowest BCUT2D eigenvalue weighted by Gasteiger charge is -2.21. The van der Waals surface area contributed by atoms with Crippen LogP contribution < -0.4 is 0 Å². The fraction of sp³-hybridized carbons (Fsp3) is 0.951. The molecular formula is C82H160O17P2. The molecular weight excluding hydrogens is 1320 g/mol. The van der Waals surface area contributed by atoms with Crippen molar-refractivity contribution < 1.29 is 80.2 Å². The lowest BCUT2D eigenvalue weighted by atomic mass is 10.0. The van der Waals surface area contributed by atoms with Crippen molar-refractivity contribution in [3.8, 4) is 0 Å². The van der Waals surface area contributed by atoms with E-state index in [1.807, 2.05) is 0 Å². The van der Waals surface area contributed by atoms with Gasteiger partial charge >= 0.3 is 39.5 Å². The summed E-state index contributed by atoms with van der Waals surface area (Å²) < 4.78 is 68.7. The normalized spacial score (nSPS) is 13.8. The first kappa shape index (κ1) is 99.1. The van der Waals surface area contributed by atoms with Gasteiger partial charge in [0.1, 0.15) is 19.3 Å². The molecule has 2 unspecified atom stereocenters. The molecule has 17 nitrogen and oxygen atoms in total. The average molecular weight is 1480 g/mol. The second-order valence-corrected chi connectivity index (χ2v) is 32.9. The maximum Gasteiger partial charge on any atom is 0.472 e. The third-order valence-electron chi connectivity index (χ3n) is 19.3. The average Bonchev–Trinajstić information content (AvgIpc) is 0.948. The molecule has 0 saturated heterocycles. The first-order valence-corrected chi connectivity index (χ1v) is 45.6. The van der Waals surface area contributed by atoms with E-state index in [1.54, 1.807) is 0 Å². The van der Waals surface area contributed by atoms with Gasteiger partial charge in [-0.05, 0) is 31.6 Å². The first-order chi connectivity index (χ1) is 49.0. The maximum atomic E-state index is 13.1. The molecule has 0 saturated carbocycles. The van der Waals surface area contributed by atoms with Crippen molar-refractivity contribution in [2.75, 3.05) is 39.6 Å². The van der Waals surface area contributed by atoms with Crippen LogP contribution in [0.3, 0.4) is 0 Å². The van der Waals surface area contributed by atoms with Crippen LogP contribution in [-0.4, -0.2) is 96.7 Å². The maximum absolute atomic E-state index is 13.1. The molecule has 0 fully saturated rings. The zero-order chi connectivity index (χ0) is 74.1. The number of ether oxygens (including phenoxy) is 4. The molecule has 0 amide bonds. The summed E-state index contributed by atoms with van der Waals surface area (Å²) in [6.45, 7) is 7.34. The fourth-order valence-electron chi connectivity index (χ4n) is 12.8. The number of hydrogen-bond acceptors (Lipinski definition) is 15. The molecule has 0 aromatic heterocycles. The van der Waals surface area contributed by atoms with Crippen LogP contribution in [0.1, 0.15) is 439 Å². The first-order valence-electron chi connectivity index (χ1n) is 42.6. The summed E-state index contributed by atoms with van der Waals surface area (Å²) in [4.78, 5) is 73.0. The van der Waals surface area contributed by atoms with E-state index in [1.165, 1.54) is 263 Å². The minimum atomic E-state index is -4.96. The highest BCUT2D eigenvalue weighted by molar-refractivity contribution is 7.47. The van der Waals surface area contributed by atoms with Crippen LogP contribution in [0.5, 0.6) is 0 Å². The van der Waals surface area contributed by atoms with E-state index in [2.05, 4.69) is 34.6 Å². The van der Waals surface area contributed by atoms with Crippen LogP contribution in [0.15, 0.2) is 0 Å². The van der Waals surface area contributed by atoms with Crippen molar-refractivity contribution in [1.82, 2.24) is 0 Å². The van der Waals surface area contributed by atoms with E-state index >= 15 is 0 Å². The Kier molecular flexibility index (Phi) is 73.5. The molecule has 5 atom stereocenters. The molecule has 0 aromatic carbocycles. The number of aliphatic hydroxyl groups excluding tert-OH is 1. The molecule has 0 rings (SSSR count). The summed E-state index contributed by atoms with van der Waals surface area (Å²) >= 11 is 0. The number of phosphoric ester groups is 2. The van der Waals surface area contributed by atoms with Gasteiger partial charge in [0.2, 0.25) is 0 Å². The molecule has 0 spiro atoms. The fourth-order valence-corrected chi connectivity index (χ4v) is 14.3. The molecule has 101 heavy (non-hydrogen) atoms. The van der Waals surface area contributed by atoms with Crippen molar-refractivity contribution >= 4 is 39.5 Å².